The van der Waals surface area contributed by atoms with Gasteiger partial charge >= 0.3 is 11.7 Å². The highest BCUT2D eigenvalue weighted by atomic mass is 16.5. The van der Waals surface area contributed by atoms with Gasteiger partial charge in [0.15, 0.2) is 11.2 Å². The maximum absolute atomic E-state index is 12.7. The number of anilines is 1. The van der Waals surface area contributed by atoms with E-state index < -0.39 is 29.4 Å². The molecule has 4 aromatic rings. The third-order valence-electron chi connectivity index (χ3n) is 5.72. The minimum absolute atomic E-state index is 0.0260. The lowest BCUT2D eigenvalue weighted by Crippen LogP contribution is -2.34. The second kappa shape index (κ2) is 10.5. The molecule has 188 valence electrons. The number of benzene rings is 2. The molecule has 36 heavy (non-hydrogen) atoms. The van der Waals surface area contributed by atoms with Crippen molar-refractivity contribution in [3.8, 4) is 5.75 Å². The van der Waals surface area contributed by atoms with Gasteiger partial charge in [-0.2, -0.15) is 4.98 Å². The van der Waals surface area contributed by atoms with Gasteiger partial charge in [0.2, 0.25) is 5.95 Å². The molecule has 2 aromatic heterocycles. The Hall–Kier alpha value is -4.38. The Morgan fingerprint density at radius 1 is 1.17 bits per heavy atom. The molecule has 11 heteroatoms. The highest BCUT2D eigenvalue weighted by molar-refractivity contribution is 5.79. The number of imidazole rings is 1. The molecule has 0 saturated heterocycles. The molecular formula is C25H27N5O6. The fourth-order valence-electron chi connectivity index (χ4n) is 3.89. The van der Waals surface area contributed by atoms with Gasteiger partial charge in [-0.15, -0.1) is 0 Å². The monoisotopic (exact) mass is 493 g/mol. The van der Waals surface area contributed by atoms with Crippen LogP contribution in [0.25, 0.3) is 11.2 Å². The van der Waals surface area contributed by atoms with E-state index in [4.69, 9.17) is 4.74 Å². The largest absolute Gasteiger partial charge is 0.491 e. The van der Waals surface area contributed by atoms with Crippen molar-refractivity contribution in [2.45, 2.75) is 32.0 Å². The number of fused-ring (bicyclic) bond motifs is 1. The number of nitrogens with one attached hydrogen (secondary N) is 2. The van der Waals surface area contributed by atoms with Gasteiger partial charge < -0.3 is 24.8 Å². The van der Waals surface area contributed by atoms with E-state index >= 15 is 0 Å². The summed E-state index contributed by atoms with van der Waals surface area (Å²) < 4.78 is 8.21. The van der Waals surface area contributed by atoms with Crippen molar-refractivity contribution in [2.75, 3.05) is 11.9 Å². The number of aromatic nitrogens is 4. The molecule has 11 nitrogen and oxygen atoms in total. The van der Waals surface area contributed by atoms with Gasteiger partial charge in [0.25, 0.3) is 5.56 Å². The van der Waals surface area contributed by atoms with Crippen LogP contribution in [-0.2, 0) is 24.8 Å². The first-order valence-corrected chi connectivity index (χ1v) is 11.3. The van der Waals surface area contributed by atoms with Crippen LogP contribution in [0.4, 0.5) is 5.95 Å². The molecule has 0 aliphatic rings. The molecule has 0 saturated carbocycles. The van der Waals surface area contributed by atoms with Gasteiger partial charge in [-0.1, -0.05) is 42.5 Å². The summed E-state index contributed by atoms with van der Waals surface area (Å²) in [5.41, 5.74) is 0.512. The smallest absolute Gasteiger partial charge is 0.329 e. The SMILES string of the molecule is Cc1cccc(OCC(O)Cn2c(NC(Cc3ccccc3)C(=O)O)nc3c2c(=O)[nH]c(=O)n3C)c1. The average molecular weight is 494 g/mol. The summed E-state index contributed by atoms with van der Waals surface area (Å²) in [6.07, 6.45) is -0.925. The fourth-order valence-corrected chi connectivity index (χ4v) is 3.89. The van der Waals surface area contributed by atoms with E-state index in [0.717, 1.165) is 15.7 Å². The Morgan fingerprint density at radius 2 is 1.92 bits per heavy atom. The van der Waals surface area contributed by atoms with Crippen LogP contribution in [0.5, 0.6) is 5.75 Å². The summed E-state index contributed by atoms with van der Waals surface area (Å²) >= 11 is 0. The molecule has 2 unspecified atom stereocenters. The number of aliphatic hydroxyl groups excluding tert-OH is 1. The molecule has 0 bridgehead atoms. The molecule has 0 aliphatic heterocycles. The first kappa shape index (κ1) is 24.7. The van der Waals surface area contributed by atoms with Crippen LogP contribution in [0, 0.1) is 6.92 Å². The number of aryl methyl sites for hydroxylation is 2. The second-order valence-corrected chi connectivity index (χ2v) is 8.54. The summed E-state index contributed by atoms with van der Waals surface area (Å²) in [5.74, 6) is -0.504. The first-order valence-electron chi connectivity index (χ1n) is 11.3. The number of carboxylic acids is 1. The van der Waals surface area contributed by atoms with Crippen molar-refractivity contribution in [1.29, 1.82) is 0 Å². The molecule has 0 spiro atoms. The average Bonchev–Trinajstić information content (AvgIpc) is 3.20. The van der Waals surface area contributed by atoms with Crippen LogP contribution in [0.1, 0.15) is 11.1 Å². The topological polar surface area (TPSA) is 151 Å². The number of rotatable bonds is 10. The molecule has 0 radical (unpaired) electrons. The number of nitrogens with zero attached hydrogens (tertiary/aromatic N) is 3. The lowest BCUT2D eigenvalue weighted by atomic mass is 10.1. The van der Waals surface area contributed by atoms with Gasteiger partial charge in [-0.05, 0) is 30.2 Å². The Kier molecular flexibility index (Phi) is 7.20. The van der Waals surface area contributed by atoms with Gasteiger partial charge in [0, 0.05) is 13.5 Å². The molecule has 4 rings (SSSR count). The normalized spacial score (nSPS) is 12.9. The van der Waals surface area contributed by atoms with E-state index in [-0.39, 0.29) is 36.7 Å². The number of hydrogen-bond acceptors (Lipinski definition) is 7. The van der Waals surface area contributed by atoms with Crippen LogP contribution in [-0.4, -0.2) is 54.0 Å². The number of aromatic amines is 1. The lowest BCUT2D eigenvalue weighted by Gasteiger charge is -2.19. The highest BCUT2D eigenvalue weighted by Crippen LogP contribution is 2.19. The molecule has 0 fully saturated rings. The van der Waals surface area contributed by atoms with Crippen LogP contribution < -0.4 is 21.3 Å². The Bertz CT molecular complexity index is 1490. The summed E-state index contributed by atoms with van der Waals surface area (Å²) in [4.78, 5) is 43.5. The quantitative estimate of drug-likeness (QED) is 0.258. The number of aliphatic carboxylic acids is 1. The molecular weight excluding hydrogens is 466 g/mol. The Labute approximate surface area is 205 Å². The fraction of sp³-hybridized carbons (Fsp3) is 0.280. The number of hydrogen-bond donors (Lipinski definition) is 4. The second-order valence-electron chi connectivity index (χ2n) is 8.54. The number of carboxylic acid groups (broad SMARTS) is 1. The molecule has 0 aliphatic carbocycles. The number of aliphatic hydroxyl groups is 1. The highest BCUT2D eigenvalue weighted by Gasteiger charge is 2.25. The third-order valence-corrected chi connectivity index (χ3v) is 5.72. The zero-order valence-electron chi connectivity index (χ0n) is 19.8. The minimum atomic E-state index is -1.12. The van der Waals surface area contributed by atoms with Crippen molar-refractivity contribution >= 4 is 23.1 Å². The van der Waals surface area contributed by atoms with Crippen molar-refractivity contribution in [3.63, 3.8) is 0 Å². The van der Waals surface area contributed by atoms with Gasteiger partial charge in [0.1, 0.15) is 24.5 Å². The van der Waals surface area contributed by atoms with Crippen molar-refractivity contribution in [1.82, 2.24) is 19.1 Å². The van der Waals surface area contributed by atoms with Crippen LogP contribution >= 0.6 is 0 Å². The summed E-state index contributed by atoms with van der Waals surface area (Å²) in [6.45, 7) is 1.70. The van der Waals surface area contributed by atoms with Crippen molar-refractivity contribution in [3.05, 3.63) is 86.6 Å². The van der Waals surface area contributed by atoms with Crippen molar-refractivity contribution < 1.29 is 19.7 Å². The zero-order chi connectivity index (χ0) is 25.8. The number of H-pyrrole nitrogens is 1. The van der Waals surface area contributed by atoms with Crippen LogP contribution in [0.2, 0.25) is 0 Å². The molecule has 4 N–H and O–H groups in total. The van der Waals surface area contributed by atoms with E-state index in [0.29, 0.717) is 5.75 Å². The lowest BCUT2D eigenvalue weighted by molar-refractivity contribution is -0.137. The summed E-state index contributed by atoms with van der Waals surface area (Å²) in [7, 11) is 1.44. The summed E-state index contributed by atoms with van der Waals surface area (Å²) in [6, 6.07) is 15.3. The standard InChI is InChI=1S/C25H27N5O6/c1-15-7-6-10-18(11-15)36-14-17(31)13-30-20-21(29(2)25(35)28-22(20)32)27-24(30)26-19(23(33)34)12-16-8-4-3-5-9-16/h3-11,17,19,31H,12-14H2,1-2H3,(H,26,27)(H,33,34)(H,28,32,35). The third kappa shape index (κ3) is 5.47. The first-order chi connectivity index (χ1) is 17.2. The van der Waals surface area contributed by atoms with E-state index in [1.165, 1.54) is 11.6 Å². The van der Waals surface area contributed by atoms with Crippen molar-refractivity contribution in [2.24, 2.45) is 7.05 Å². The predicted octanol–water partition coefficient (Wildman–Crippen LogP) is 1.28. The Balaban J connectivity index is 1.66. The molecule has 0 amide bonds. The van der Waals surface area contributed by atoms with Crippen LogP contribution in [0.15, 0.2) is 64.2 Å². The summed E-state index contributed by atoms with van der Waals surface area (Å²) in [5, 5.41) is 23.4. The van der Waals surface area contributed by atoms with Crippen LogP contribution in [0.3, 0.4) is 0 Å². The van der Waals surface area contributed by atoms with E-state index in [1.54, 1.807) is 18.2 Å². The van der Waals surface area contributed by atoms with E-state index in [1.807, 2.05) is 43.3 Å². The van der Waals surface area contributed by atoms with Gasteiger partial charge in [-0.25, -0.2) is 9.59 Å². The van der Waals surface area contributed by atoms with E-state index in [2.05, 4.69) is 15.3 Å². The van der Waals surface area contributed by atoms with Gasteiger partial charge in [-0.3, -0.25) is 14.3 Å². The Morgan fingerprint density at radius 3 is 2.61 bits per heavy atom. The molecule has 2 heterocycles. The minimum Gasteiger partial charge on any atom is -0.491 e. The van der Waals surface area contributed by atoms with E-state index in [9.17, 15) is 24.6 Å². The van der Waals surface area contributed by atoms with Gasteiger partial charge in [0.05, 0.1) is 6.54 Å². The maximum atomic E-state index is 12.7. The molecule has 2 aromatic carbocycles. The number of carbonyl (C=O) groups is 1. The molecule has 2 atom stereocenters. The zero-order valence-corrected chi connectivity index (χ0v) is 19.8. The number of ether oxygens (including phenoxy) is 1. The maximum Gasteiger partial charge on any atom is 0.329 e. The predicted molar refractivity (Wildman–Crippen MR) is 133 cm³/mol.